The summed E-state index contributed by atoms with van der Waals surface area (Å²) in [6.45, 7) is 3.87. The molecule has 0 aromatic heterocycles. The van der Waals surface area contributed by atoms with Gasteiger partial charge in [-0.2, -0.15) is 0 Å². The SMILES string of the molecule is CNC(=O)c1cc(C(C)C)c(O)c(Cc2ccccc2)c1O. The van der Waals surface area contributed by atoms with Crippen LogP contribution in [-0.2, 0) is 6.42 Å². The maximum Gasteiger partial charge on any atom is 0.254 e. The van der Waals surface area contributed by atoms with Gasteiger partial charge in [0.05, 0.1) is 5.56 Å². The van der Waals surface area contributed by atoms with Gasteiger partial charge in [0.1, 0.15) is 11.5 Å². The summed E-state index contributed by atoms with van der Waals surface area (Å²) in [7, 11) is 1.51. The van der Waals surface area contributed by atoms with E-state index >= 15 is 0 Å². The van der Waals surface area contributed by atoms with E-state index < -0.39 is 0 Å². The molecule has 1 amide bonds. The maximum atomic E-state index is 12.0. The summed E-state index contributed by atoms with van der Waals surface area (Å²) in [4.78, 5) is 12.0. The molecule has 0 heterocycles. The highest BCUT2D eigenvalue weighted by atomic mass is 16.3. The lowest BCUT2D eigenvalue weighted by atomic mass is 9.92. The average Bonchev–Trinajstić information content (AvgIpc) is 2.51. The van der Waals surface area contributed by atoms with Crippen LogP contribution in [0.4, 0.5) is 0 Å². The zero-order chi connectivity index (χ0) is 16.3. The predicted molar refractivity (Wildman–Crippen MR) is 86.5 cm³/mol. The van der Waals surface area contributed by atoms with E-state index in [-0.39, 0.29) is 28.9 Å². The van der Waals surface area contributed by atoms with Crippen molar-refractivity contribution in [3.8, 4) is 11.5 Å². The predicted octanol–water partition coefficient (Wildman–Crippen LogP) is 3.17. The number of aromatic hydroxyl groups is 2. The highest BCUT2D eigenvalue weighted by molar-refractivity contribution is 5.97. The molecule has 2 aromatic carbocycles. The summed E-state index contributed by atoms with van der Waals surface area (Å²) in [5.41, 5.74) is 2.19. The average molecular weight is 299 g/mol. The Hall–Kier alpha value is -2.49. The molecule has 0 saturated heterocycles. The molecule has 0 aliphatic carbocycles. The van der Waals surface area contributed by atoms with Crippen LogP contribution >= 0.6 is 0 Å². The molecule has 116 valence electrons. The number of rotatable bonds is 4. The monoisotopic (exact) mass is 299 g/mol. The fourth-order valence-corrected chi connectivity index (χ4v) is 2.46. The first kappa shape index (κ1) is 15.9. The first-order chi connectivity index (χ1) is 10.5. The highest BCUT2D eigenvalue weighted by Gasteiger charge is 2.22. The number of phenols is 2. The van der Waals surface area contributed by atoms with E-state index in [0.717, 1.165) is 5.56 Å². The summed E-state index contributed by atoms with van der Waals surface area (Å²) in [6, 6.07) is 11.1. The quantitative estimate of drug-likeness (QED) is 0.812. The van der Waals surface area contributed by atoms with Crippen LogP contribution in [-0.4, -0.2) is 23.2 Å². The Morgan fingerprint density at radius 1 is 1.14 bits per heavy atom. The van der Waals surface area contributed by atoms with Crippen molar-refractivity contribution >= 4 is 5.91 Å². The Labute approximate surface area is 130 Å². The molecule has 2 aromatic rings. The number of nitrogens with one attached hydrogen (secondary N) is 1. The lowest BCUT2D eigenvalue weighted by Gasteiger charge is -2.17. The van der Waals surface area contributed by atoms with Crippen LogP contribution in [0.1, 0.15) is 46.8 Å². The first-order valence-corrected chi connectivity index (χ1v) is 7.29. The van der Waals surface area contributed by atoms with Gasteiger partial charge in [-0.15, -0.1) is 0 Å². The normalized spacial score (nSPS) is 10.7. The summed E-state index contributed by atoms with van der Waals surface area (Å²) in [5, 5.41) is 23.4. The molecule has 0 atom stereocenters. The molecule has 0 aliphatic rings. The van der Waals surface area contributed by atoms with Crippen LogP contribution in [0.3, 0.4) is 0 Å². The van der Waals surface area contributed by atoms with Crippen molar-refractivity contribution in [2.45, 2.75) is 26.2 Å². The number of phenolic OH excluding ortho intramolecular Hbond substituents is 2. The van der Waals surface area contributed by atoms with Crippen LogP contribution < -0.4 is 5.32 Å². The van der Waals surface area contributed by atoms with E-state index in [1.165, 1.54) is 7.05 Å². The van der Waals surface area contributed by atoms with Crippen molar-refractivity contribution in [3.63, 3.8) is 0 Å². The van der Waals surface area contributed by atoms with E-state index in [2.05, 4.69) is 5.32 Å². The molecule has 4 nitrogen and oxygen atoms in total. The summed E-state index contributed by atoms with van der Waals surface area (Å²) < 4.78 is 0. The second-order valence-electron chi connectivity index (χ2n) is 5.59. The molecule has 2 rings (SSSR count). The Morgan fingerprint density at radius 3 is 2.32 bits per heavy atom. The molecule has 0 saturated carbocycles. The van der Waals surface area contributed by atoms with Gasteiger partial charge < -0.3 is 15.5 Å². The first-order valence-electron chi connectivity index (χ1n) is 7.29. The van der Waals surface area contributed by atoms with E-state index in [9.17, 15) is 15.0 Å². The van der Waals surface area contributed by atoms with E-state index in [0.29, 0.717) is 17.5 Å². The van der Waals surface area contributed by atoms with Crippen LogP contribution in [0.25, 0.3) is 0 Å². The van der Waals surface area contributed by atoms with Gasteiger partial charge in [-0.05, 0) is 23.1 Å². The summed E-state index contributed by atoms with van der Waals surface area (Å²) in [5.74, 6) is -0.429. The van der Waals surface area contributed by atoms with Gasteiger partial charge in [0, 0.05) is 19.0 Å². The van der Waals surface area contributed by atoms with Gasteiger partial charge in [0.15, 0.2) is 0 Å². The fraction of sp³-hybridized carbons (Fsp3) is 0.278. The Kier molecular flexibility index (Phi) is 4.71. The number of carbonyl (C=O) groups excluding carboxylic acids is 1. The van der Waals surface area contributed by atoms with Crippen molar-refractivity contribution in [2.24, 2.45) is 0 Å². The molecule has 0 radical (unpaired) electrons. The number of hydrogen-bond acceptors (Lipinski definition) is 3. The smallest absolute Gasteiger partial charge is 0.254 e. The van der Waals surface area contributed by atoms with E-state index in [1.54, 1.807) is 6.07 Å². The standard InChI is InChI=1S/C18H21NO3/c1-11(2)13-10-15(18(22)19-3)17(21)14(16(13)20)9-12-7-5-4-6-8-12/h4-8,10-11,20-21H,9H2,1-3H3,(H,19,22). The Morgan fingerprint density at radius 2 is 1.77 bits per heavy atom. The second kappa shape index (κ2) is 6.52. The molecule has 0 spiro atoms. The second-order valence-corrected chi connectivity index (χ2v) is 5.59. The van der Waals surface area contributed by atoms with Gasteiger partial charge in [0.25, 0.3) is 5.91 Å². The van der Waals surface area contributed by atoms with Crippen molar-refractivity contribution in [1.82, 2.24) is 5.32 Å². The third-order valence-corrected chi connectivity index (χ3v) is 3.72. The van der Waals surface area contributed by atoms with E-state index in [1.807, 2.05) is 44.2 Å². The minimum absolute atomic E-state index is 0.0403. The molecule has 4 heteroatoms. The van der Waals surface area contributed by atoms with Crippen LogP contribution in [0.2, 0.25) is 0 Å². The topological polar surface area (TPSA) is 69.6 Å². The minimum atomic E-state index is -0.367. The van der Waals surface area contributed by atoms with Gasteiger partial charge in [-0.1, -0.05) is 44.2 Å². The van der Waals surface area contributed by atoms with Crippen molar-refractivity contribution in [1.29, 1.82) is 0 Å². The maximum absolute atomic E-state index is 12.0. The highest BCUT2D eigenvalue weighted by Crippen LogP contribution is 2.39. The number of carbonyl (C=O) groups is 1. The molecular formula is C18H21NO3. The molecule has 0 aliphatic heterocycles. The lowest BCUT2D eigenvalue weighted by Crippen LogP contribution is -2.19. The number of benzene rings is 2. The molecule has 0 unspecified atom stereocenters. The summed E-state index contributed by atoms with van der Waals surface area (Å²) >= 11 is 0. The van der Waals surface area contributed by atoms with E-state index in [4.69, 9.17) is 0 Å². The lowest BCUT2D eigenvalue weighted by molar-refractivity contribution is 0.0960. The molecule has 3 N–H and O–H groups in total. The molecular weight excluding hydrogens is 278 g/mol. The zero-order valence-electron chi connectivity index (χ0n) is 13.1. The number of amides is 1. The molecule has 0 bridgehead atoms. The fourth-order valence-electron chi connectivity index (χ4n) is 2.46. The molecule has 22 heavy (non-hydrogen) atoms. The van der Waals surface area contributed by atoms with Gasteiger partial charge in [-0.25, -0.2) is 0 Å². The van der Waals surface area contributed by atoms with Crippen molar-refractivity contribution in [2.75, 3.05) is 7.05 Å². The van der Waals surface area contributed by atoms with Crippen molar-refractivity contribution < 1.29 is 15.0 Å². The number of hydrogen-bond donors (Lipinski definition) is 3. The van der Waals surface area contributed by atoms with Crippen LogP contribution in [0, 0.1) is 0 Å². The van der Waals surface area contributed by atoms with Gasteiger partial charge in [0.2, 0.25) is 0 Å². The summed E-state index contributed by atoms with van der Waals surface area (Å²) in [6.07, 6.45) is 0.364. The van der Waals surface area contributed by atoms with Crippen molar-refractivity contribution in [3.05, 3.63) is 58.7 Å². The zero-order valence-corrected chi connectivity index (χ0v) is 13.1. The van der Waals surface area contributed by atoms with Gasteiger partial charge in [-0.3, -0.25) is 4.79 Å². The van der Waals surface area contributed by atoms with Crippen LogP contribution in [0.5, 0.6) is 11.5 Å². The van der Waals surface area contributed by atoms with Crippen LogP contribution in [0.15, 0.2) is 36.4 Å². The molecule has 0 fully saturated rings. The largest absolute Gasteiger partial charge is 0.507 e. The Bertz CT molecular complexity index is 678. The third kappa shape index (κ3) is 3.06. The Balaban J connectivity index is 2.60. The van der Waals surface area contributed by atoms with Gasteiger partial charge >= 0.3 is 0 Å². The third-order valence-electron chi connectivity index (χ3n) is 3.72. The minimum Gasteiger partial charge on any atom is -0.507 e.